The lowest BCUT2D eigenvalue weighted by molar-refractivity contribution is -0.144. The third-order valence-corrected chi connectivity index (χ3v) is 2.57. The molecule has 0 aliphatic heterocycles. The van der Waals surface area contributed by atoms with E-state index in [1.54, 1.807) is 17.8 Å². The van der Waals surface area contributed by atoms with Crippen molar-refractivity contribution in [3.63, 3.8) is 0 Å². The van der Waals surface area contributed by atoms with E-state index >= 15 is 0 Å². The zero-order valence-electron chi connectivity index (χ0n) is 7.74. The number of halogens is 1. The zero-order valence-corrected chi connectivity index (χ0v) is 9.33. The van der Waals surface area contributed by atoms with Gasteiger partial charge in [-0.15, -0.1) is 0 Å². The average Bonchev–Trinajstić information content (AvgIpc) is 2.44. The van der Waals surface area contributed by atoms with Crippen molar-refractivity contribution in [2.45, 2.75) is 19.9 Å². The van der Waals surface area contributed by atoms with Crippen molar-refractivity contribution in [1.82, 2.24) is 9.78 Å². The highest BCUT2D eigenvalue weighted by Gasteiger charge is 2.16. The summed E-state index contributed by atoms with van der Waals surface area (Å²) in [4.78, 5) is 11.1. The molecule has 13 heavy (non-hydrogen) atoms. The van der Waals surface area contributed by atoms with E-state index in [0.29, 0.717) is 0 Å². The number of aromatic nitrogens is 2. The molecule has 4 nitrogen and oxygen atoms in total. The van der Waals surface area contributed by atoms with Crippen LogP contribution in [0, 0.1) is 6.92 Å². The molecule has 0 aliphatic rings. The van der Waals surface area contributed by atoms with E-state index in [9.17, 15) is 4.79 Å². The summed E-state index contributed by atoms with van der Waals surface area (Å²) >= 11 is 3.32. The Bertz CT molecular complexity index is 302. The zero-order chi connectivity index (χ0) is 10.0. The van der Waals surface area contributed by atoms with Gasteiger partial charge in [0.05, 0.1) is 17.3 Å². The highest BCUT2D eigenvalue weighted by molar-refractivity contribution is 9.10. The smallest absolute Gasteiger partial charge is 0.330 e. The third kappa shape index (κ3) is 2.09. The first kappa shape index (κ1) is 10.2. The molecule has 1 rings (SSSR count). The van der Waals surface area contributed by atoms with Crippen LogP contribution in [0.15, 0.2) is 10.7 Å². The molecule has 5 heteroatoms. The quantitative estimate of drug-likeness (QED) is 0.747. The van der Waals surface area contributed by atoms with Crippen molar-refractivity contribution >= 4 is 21.9 Å². The van der Waals surface area contributed by atoms with Crippen LogP contribution in [0.25, 0.3) is 0 Å². The molecule has 1 aromatic rings. The Labute approximate surface area is 85.0 Å². The van der Waals surface area contributed by atoms with Gasteiger partial charge in [0.1, 0.15) is 6.04 Å². The molecule has 0 bridgehead atoms. The first-order valence-corrected chi connectivity index (χ1v) is 4.64. The van der Waals surface area contributed by atoms with Gasteiger partial charge in [-0.25, -0.2) is 4.79 Å². The molecule has 0 radical (unpaired) electrons. The monoisotopic (exact) mass is 246 g/mol. The minimum Gasteiger partial charge on any atom is -0.467 e. The summed E-state index contributed by atoms with van der Waals surface area (Å²) in [7, 11) is 1.37. The first-order chi connectivity index (χ1) is 6.06. The van der Waals surface area contributed by atoms with Crippen molar-refractivity contribution < 1.29 is 9.53 Å². The molecule has 0 aromatic carbocycles. The van der Waals surface area contributed by atoms with Crippen molar-refractivity contribution in [2.75, 3.05) is 7.11 Å². The molecule has 1 atom stereocenters. The molecular weight excluding hydrogens is 236 g/mol. The fraction of sp³-hybridized carbons (Fsp3) is 0.500. The van der Waals surface area contributed by atoms with E-state index in [2.05, 4.69) is 25.8 Å². The number of methoxy groups -OCH3 is 1. The second-order valence-corrected chi connectivity index (χ2v) is 3.60. The van der Waals surface area contributed by atoms with Crippen LogP contribution in [0.4, 0.5) is 0 Å². The van der Waals surface area contributed by atoms with Crippen LogP contribution in [0.3, 0.4) is 0 Å². The summed E-state index contributed by atoms with van der Waals surface area (Å²) in [5.41, 5.74) is 0.857. The van der Waals surface area contributed by atoms with Crippen LogP contribution in [0.2, 0.25) is 0 Å². The lowest BCUT2D eigenvalue weighted by atomic mass is 10.3. The van der Waals surface area contributed by atoms with Crippen LogP contribution in [-0.4, -0.2) is 22.9 Å². The largest absolute Gasteiger partial charge is 0.467 e. The average molecular weight is 247 g/mol. The van der Waals surface area contributed by atoms with Gasteiger partial charge in [0.15, 0.2) is 0 Å². The molecule has 0 unspecified atom stereocenters. The number of rotatable bonds is 2. The molecule has 0 amide bonds. The van der Waals surface area contributed by atoms with E-state index in [4.69, 9.17) is 0 Å². The molecule has 0 fully saturated rings. The predicted molar refractivity (Wildman–Crippen MR) is 51.4 cm³/mol. The fourth-order valence-electron chi connectivity index (χ4n) is 0.936. The summed E-state index contributed by atoms with van der Waals surface area (Å²) in [6.07, 6.45) is 1.76. The van der Waals surface area contributed by atoms with Gasteiger partial charge in [0, 0.05) is 6.20 Å². The van der Waals surface area contributed by atoms with Gasteiger partial charge in [-0.2, -0.15) is 5.10 Å². The van der Waals surface area contributed by atoms with Gasteiger partial charge in [0.2, 0.25) is 0 Å². The number of aryl methyl sites for hydroxylation is 1. The third-order valence-electron chi connectivity index (χ3n) is 1.80. The maximum absolute atomic E-state index is 11.1. The highest BCUT2D eigenvalue weighted by Crippen LogP contribution is 2.16. The Hall–Kier alpha value is -0.840. The Kier molecular flexibility index (Phi) is 3.08. The molecule has 0 N–H and O–H groups in total. The van der Waals surface area contributed by atoms with E-state index in [1.807, 2.05) is 6.92 Å². The highest BCUT2D eigenvalue weighted by atomic mass is 79.9. The normalized spacial score (nSPS) is 12.6. The predicted octanol–water partition coefficient (Wildman–Crippen LogP) is 1.69. The maximum Gasteiger partial charge on any atom is 0.330 e. The van der Waals surface area contributed by atoms with Crippen LogP contribution in [0.1, 0.15) is 18.7 Å². The van der Waals surface area contributed by atoms with Gasteiger partial charge in [-0.3, -0.25) is 4.68 Å². The van der Waals surface area contributed by atoms with Gasteiger partial charge in [-0.05, 0) is 29.8 Å². The fourth-order valence-corrected chi connectivity index (χ4v) is 1.23. The molecule has 1 heterocycles. The SMILES string of the molecule is COC(=O)[C@H](C)n1cc(Br)c(C)n1. The van der Waals surface area contributed by atoms with Crippen LogP contribution < -0.4 is 0 Å². The van der Waals surface area contributed by atoms with Crippen molar-refractivity contribution in [3.05, 3.63) is 16.4 Å². The Balaban J connectivity index is 2.89. The molecule has 0 saturated carbocycles. The number of nitrogens with zero attached hydrogens (tertiary/aromatic N) is 2. The molecule has 0 aliphatic carbocycles. The Morgan fingerprint density at radius 3 is 2.77 bits per heavy atom. The molecule has 0 saturated heterocycles. The van der Waals surface area contributed by atoms with Crippen molar-refractivity contribution in [1.29, 1.82) is 0 Å². The van der Waals surface area contributed by atoms with Gasteiger partial charge in [-0.1, -0.05) is 0 Å². The standard InChI is InChI=1S/C8H11BrN2O2/c1-5-7(9)4-11(10-5)6(2)8(12)13-3/h4,6H,1-3H3/t6-/m0/s1. The number of carbonyl (C=O) groups is 1. The van der Waals surface area contributed by atoms with Crippen molar-refractivity contribution in [2.24, 2.45) is 0 Å². The van der Waals surface area contributed by atoms with E-state index in [0.717, 1.165) is 10.2 Å². The van der Waals surface area contributed by atoms with E-state index in [1.165, 1.54) is 7.11 Å². The lowest BCUT2D eigenvalue weighted by Gasteiger charge is -2.08. The number of hydrogen-bond donors (Lipinski definition) is 0. The topological polar surface area (TPSA) is 44.1 Å². The Morgan fingerprint density at radius 2 is 2.38 bits per heavy atom. The second-order valence-electron chi connectivity index (χ2n) is 2.74. The number of esters is 1. The van der Waals surface area contributed by atoms with E-state index < -0.39 is 0 Å². The van der Waals surface area contributed by atoms with E-state index in [-0.39, 0.29) is 12.0 Å². The number of ether oxygens (including phenoxy) is 1. The van der Waals surface area contributed by atoms with Gasteiger partial charge >= 0.3 is 5.97 Å². The number of hydrogen-bond acceptors (Lipinski definition) is 3. The summed E-state index contributed by atoms with van der Waals surface area (Å²) in [6, 6.07) is -0.380. The lowest BCUT2D eigenvalue weighted by Crippen LogP contribution is -2.18. The number of carbonyl (C=O) groups excluding carboxylic acids is 1. The van der Waals surface area contributed by atoms with Crippen LogP contribution in [0.5, 0.6) is 0 Å². The maximum atomic E-state index is 11.1. The summed E-state index contributed by atoms with van der Waals surface area (Å²) in [5.74, 6) is -0.296. The Morgan fingerprint density at radius 1 is 1.77 bits per heavy atom. The molecule has 0 spiro atoms. The molecular formula is C8H11BrN2O2. The summed E-state index contributed by atoms with van der Waals surface area (Å²) < 4.78 is 7.07. The summed E-state index contributed by atoms with van der Waals surface area (Å²) in [6.45, 7) is 3.61. The minimum atomic E-state index is -0.380. The molecule has 1 aromatic heterocycles. The summed E-state index contributed by atoms with van der Waals surface area (Å²) in [5, 5.41) is 4.15. The molecule has 72 valence electrons. The first-order valence-electron chi connectivity index (χ1n) is 3.85. The van der Waals surface area contributed by atoms with Gasteiger partial charge in [0.25, 0.3) is 0 Å². The minimum absolute atomic E-state index is 0.296. The van der Waals surface area contributed by atoms with Gasteiger partial charge < -0.3 is 4.74 Å². The van der Waals surface area contributed by atoms with Crippen LogP contribution in [-0.2, 0) is 9.53 Å². The van der Waals surface area contributed by atoms with Crippen molar-refractivity contribution in [3.8, 4) is 0 Å². The van der Waals surface area contributed by atoms with Crippen LogP contribution >= 0.6 is 15.9 Å². The second kappa shape index (κ2) is 3.91.